The monoisotopic (exact) mass is 262 g/mol. The molecule has 0 aliphatic carbocycles. The summed E-state index contributed by atoms with van der Waals surface area (Å²) in [5.41, 5.74) is 13.6. The van der Waals surface area contributed by atoms with Crippen LogP contribution in [-0.4, -0.2) is 0 Å². The average Bonchev–Trinajstić information content (AvgIpc) is 2.18. The molecule has 1 aromatic rings. The van der Waals surface area contributed by atoms with Gasteiger partial charge in [0.15, 0.2) is 0 Å². The molecule has 0 saturated heterocycles. The fourth-order valence-corrected chi connectivity index (χ4v) is 1.72. The molecule has 92 valence electrons. The quantitative estimate of drug-likeness (QED) is 0.812. The Morgan fingerprint density at radius 2 is 1.88 bits per heavy atom. The Balaban J connectivity index is 0.00000225. The highest BCUT2D eigenvalue weighted by Crippen LogP contribution is 2.26. The van der Waals surface area contributed by atoms with Crippen LogP contribution in [-0.2, 0) is 0 Å². The van der Waals surface area contributed by atoms with Crippen molar-refractivity contribution < 1.29 is 0 Å². The zero-order chi connectivity index (χ0) is 11.4. The highest BCUT2D eigenvalue weighted by molar-refractivity contribution is 6.30. The van der Waals surface area contributed by atoms with Crippen molar-refractivity contribution in [2.24, 2.45) is 11.7 Å². The summed E-state index contributed by atoms with van der Waals surface area (Å²) in [5, 5.41) is 0.694. The van der Waals surface area contributed by atoms with Crippen LogP contribution in [0.5, 0.6) is 0 Å². The van der Waals surface area contributed by atoms with E-state index in [1.165, 1.54) is 0 Å². The van der Waals surface area contributed by atoms with Crippen molar-refractivity contribution in [2.75, 3.05) is 5.73 Å². The molecule has 2 nitrogen and oxygen atoms in total. The van der Waals surface area contributed by atoms with Gasteiger partial charge in [0.25, 0.3) is 0 Å². The topological polar surface area (TPSA) is 52.0 Å². The van der Waals surface area contributed by atoms with Crippen molar-refractivity contribution in [1.29, 1.82) is 0 Å². The summed E-state index contributed by atoms with van der Waals surface area (Å²) < 4.78 is 0. The van der Waals surface area contributed by atoms with Crippen LogP contribution in [0.25, 0.3) is 0 Å². The predicted molar refractivity (Wildman–Crippen MR) is 74.1 cm³/mol. The summed E-state index contributed by atoms with van der Waals surface area (Å²) >= 11 is 5.91. The molecule has 0 amide bonds. The maximum Gasteiger partial charge on any atom is 0.0410 e. The molecule has 0 aliphatic rings. The molecule has 0 radical (unpaired) electrons. The summed E-state index contributed by atoms with van der Waals surface area (Å²) in [6.07, 6.45) is 2.05. The molecule has 0 fully saturated rings. The first-order valence-corrected chi connectivity index (χ1v) is 5.69. The van der Waals surface area contributed by atoms with Crippen LogP contribution < -0.4 is 11.5 Å². The summed E-state index contributed by atoms with van der Waals surface area (Å²) in [4.78, 5) is 0. The van der Waals surface area contributed by atoms with E-state index < -0.39 is 0 Å². The van der Waals surface area contributed by atoms with Gasteiger partial charge in [0.05, 0.1) is 0 Å². The number of nitrogens with two attached hydrogens (primary N) is 2. The number of benzene rings is 1. The maximum absolute atomic E-state index is 6.07. The lowest BCUT2D eigenvalue weighted by atomic mass is 9.97. The van der Waals surface area contributed by atoms with Crippen molar-refractivity contribution in [3.05, 3.63) is 28.8 Å². The van der Waals surface area contributed by atoms with E-state index >= 15 is 0 Å². The molecule has 0 saturated carbocycles. The van der Waals surface area contributed by atoms with Crippen molar-refractivity contribution >= 4 is 29.7 Å². The van der Waals surface area contributed by atoms with Gasteiger partial charge in [0, 0.05) is 16.8 Å². The molecular weight excluding hydrogens is 243 g/mol. The molecule has 16 heavy (non-hydrogen) atoms. The van der Waals surface area contributed by atoms with Crippen molar-refractivity contribution in [3.8, 4) is 0 Å². The van der Waals surface area contributed by atoms with Crippen molar-refractivity contribution in [1.82, 2.24) is 0 Å². The van der Waals surface area contributed by atoms with Crippen LogP contribution in [0.2, 0.25) is 5.02 Å². The minimum atomic E-state index is -0.00824. The van der Waals surface area contributed by atoms with Gasteiger partial charge in [0.2, 0.25) is 0 Å². The van der Waals surface area contributed by atoms with Crippen LogP contribution >= 0.6 is 24.0 Å². The molecule has 0 bridgehead atoms. The van der Waals surface area contributed by atoms with E-state index in [0.717, 1.165) is 24.1 Å². The first kappa shape index (κ1) is 15.6. The normalized spacial score (nSPS) is 12.3. The van der Waals surface area contributed by atoms with E-state index in [1.54, 1.807) is 6.07 Å². The summed E-state index contributed by atoms with van der Waals surface area (Å²) in [5.74, 6) is 0.663. The largest absolute Gasteiger partial charge is 0.398 e. The first-order valence-electron chi connectivity index (χ1n) is 5.31. The number of nitrogen functional groups attached to an aromatic ring is 1. The lowest BCUT2D eigenvalue weighted by Gasteiger charge is -2.15. The number of anilines is 1. The van der Waals surface area contributed by atoms with Gasteiger partial charge in [-0.3, -0.25) is 0 Å². The average molecular weight is 263 g/mol. The second-order valence-corrected chi connectivity index (χ2v) is 4.79. The Morgan fingerprint density at radius 1 is 1.25 bits per heavy atom. The van der Waals surface area contributed by atoms with Crippen molar-refractivity contribution in [2.45, 2.75) is 32.7 Å². The molecule has 4 heteroatoms. The maximum atomic E-state index is 6.07. The predicted octanol–water partition coefficient (Wildman–Crippen LogP) is 3.78. The molecular formula is C12H20Cl2N2. The van der Waals surface area contributed by atoms with Crippen LogP contribution in [0.3, 0.4) is 0 Å². The smallest absolute Gasteiger partial charge is 0.0410 e. The standard InChI is InChI=1S/C12H19ClN2.ClH/c1-8(2)3-5-11(14)10-7-9(13)4-6-12(10)15;/h4,6-8,11H,3,5,14-15H2,1-2H3;1H/t11-;/m1./s1. The van der Waals surface area contributed by atoms with Crippen LogP contribution in [0.15, 0.2) is 18.2 Å². The Morgan fingerprint density at radius 3 is 2.44 bits per heavy atom. The third-order valence-electron chi connectivity index (χ3n) is 2.50. The molecule has 0 aromatic heterocycles. The van der Waals surface area contributed by atoms with Gasteiger partial charge >= 0.3 is 0 Å². The highest BCUT2D eigenvalue weighted by Gasteiger charge is 2.10. The first-order chi connectivity index (χ1) is 7.00. The number of rotatable bonds is 4. The third-order valence-corrected chi connectivity index (χ3v) is 2.74. The molecule has 0 heterocycles. The van der Waals surface area contributed by atoms with Gasteiger partial charge in [-0.2, -0.15) is 0 Å². The summed E-state index contributed by atoms with van der Waals surface area (Å²) in [6.45, 7) is 4.38. The fourth-order valence-electron chi connectivity index (χ4n) is 1.54. The molecule has 1 rings (SSSR count). The van der Waals surface area contributed by atoms with E-state index in [-0.39, 0.29) is 18.4 Å². The van der Waals surface area contributed by atoms with Gasteiger partial charge in [-0.25, -0.2) is 0 Å². The Bertz CT molecular complexity index is 327. The minimum Gasteiger partial charge on any atom is -0.398 e. The molecule has 0 spiro atoms. The summed E-state index contributed by atoms with van der Waals surface area (Å²) in [7, 11) is 0. The summed E-state index contributed by atoms with van der Waals surface area (Å²) in [6, 6.07) is 5.45. The van der Waals surface area contributed by atoms with Crippen LogP contribution in [0.1, 0.15) is 38.3 Å². The van der Waals surface area contributed by atoms with Crippen molar-refractivity contribution in [3.63, 3.8) is 0 Å². The van der Waals surface area contributed by atoms with E-state index in [2.05, 4.69) is 13.8 Å². The number of hydrogen-bond donors (Lipinski definition) is 2. The number of hydrogen-bond acceptors (Lipinski definition) is 2. The molecule has 1 aromatic carbocycles. The fraction of sp³-hybridized carbons (Fsp3) is 0.500. The lowest BCUT2D eigenvalue weighted by Crippen LogP contribution is -2.13. The zero-order valence-electron chi connectivity index (χ0n) is 9.74. The van der Waals surface area contributed by atoms with Gasteiger partial charge in [-0.15, -0.1) is 12.4 Å². The van der Waals surface area contributed by atoms with E-state index in [1.807, 2.05) is 12.1 Å². The highest BCUT2D eigenvalue weighted by atomic mass is 35.5. The lowest BCUT2D eigenvalue weighted by molar-refractivity contribution is 0.508. The van der Waals surface area contributed by atoms with Crippen LogP contribution in [0.4, 0.5) is 5.69 Å². The minimum absolute atomic E-state index is 0. The second-order valence-electron chi connectivity index (χ2n) is 4.35. The van der Waals surface area contributed by atoms with Gasteiger partial charge in [0.1, 0.15) is 0 Å². The second kappa shape index (κ2) is 7.00. The SMILES string of the molecule is CC(C)CC[C@@H](N)c1cc(Cl)ccc1N.Cl. The Labute approximate surface area is 109 Å². The molecule has 0 unspecified atom stereocenters. The van der Waals surface area contributed by atoms with E-state index in [4.69, 9.17) is 23.1 Å². The van der Waals surface area contributed by atoms with Gasteiger partial charge < -0.3 is 11.5 Å². The van der Waals surface area contributed by atoms with Crippen LogP contribution in [0, 0.1) is 5.92 Å². The van der Waals surface area contributed by atoms with Gasteiger partial charge in [-0.05, 0) is 42.5 Å². The van der Waals surface area contributed by atoms with E-state index in [9.17, 15) is 0 Å². The Kier molecular flexibility index (Phi) is 6.81. The third kappa shape index (κ3) is 4.60. The molecule has 0 aliphatic heterocycles. The zero-order valence-corrected chi connectivity index (χ0v) is 11.3. The Hall–Kier alpha value is -0.440. The van der Waals surface area contributed by atoms with E-state index in [0.29, 0.717) is 10.9 Å². The molecule has 1 atom stereocenters. The molecule has 4 N–H and O–H groups in total. The van der Waals surface area contributed by atoms with Gasteiger partial charge in [-0.1, -0.05) is 25.4 Å². The number of halogens is 2.